The first-order valence-electron chi connectivity index (χ1n) is 4.42. The van der Waals surface area contributed by atoms with Gasteiger partial charge in [0.1, 0.15) is 6.26 Å². The van der Waals surface area contributed by atoms with Crippen molar-refractivity contribution in [3.63, 3.8) is 0 Å². The number of oxazole rings is 1. The Bertz CT molecular complexity index is 571. The van der Waals surface area contributed by atoms with Gasteiger partial charge in [-0.25, -0.2) is 4.98 Å². The smallest absolute Gasteiger partial charge is 0.282 e. The van der Waals surface area contributed by atoms with E-state index in [1.165, 1.54) is 18.9 Å². The lowest BCUT2D eigenvalue weighted by atomic mass is 10.2. The Morgan fingerprint density at radius 2 is 2.00 bits per heavy atom. The van der Waals surface area contributed by atoms with Crippen molar-refractivity contribution >= 4 is 16.2 Å². The Morgan fingerprint density at radius 3 is 2.56 bits per heavy atom. The fraction of sp³-hybridized carbons (Fsp3) is 0. The van der Waals surface area contributed by atoms with Crippen molar-refractivity contribution in [1.29, 1.82) is 0 Å². The molecule has 5 nitrogen and oxygen atoms in total. The van der Waals surface area contributed by atoms with Crippen LogP contribution in [0.1, 0.15) is 5.56 Å². The average Bonchev–Trinajstić information content (AvgIpc) is 2.92. The van der Waals surface area contributed by atoms with Crippen LogP contribution in [0.25, 0.3) is 0 Å². The van der Waals surface area contributed by atoms with Crippen LogP contribution in [-0.4, -0.2) is 19.6 Å². The van der Waals surface area contributed by atoms with E-state index in [1.807, 2.05) is 0 Å². The number of benzene rings is 1. The molecule has 3 rings (SSSR count). The van der Waals surface area contributed by atoms with Crippen LogP contribution in [0.4, 0.5) is 0 Å². The fourth-order valence-electron chi connectivity index (χ4n) is 1.18. The van der Waals surface area contributed by atoms with Crippen LogP contribution < -0.4 is 0 Å². The minimum Gasteiger partial charge on any atom is -0.452 e. The quantitative estimate of drug-likeness (QED) is 0.694. The van der Waals surface area contributed by atoms with Crippen molar-refractivity contribution < 1.29 is 12.8 Å². The first-order valence-corrected chi connectivity index (χ1v) is 5.86. The number of hydrogen-bond donors (Lipinski definition) is 0. The third kappa shape index (κ3) is 2.17. The second-order valence-corrected chi connectivity index (χ2v) is 4.52. The van der Waals surface area contributed by atoms with E-state index in [1.54, 1.807) is 30.5 Å². The highest BCUT2D eigenvalue weighted by molar-refractivity contribution is 7.90. The Balaban J connectivity index is 0.000000162. The van der Waals surface area contributed by atoms with E-state index < -0.39 is 10.0 Å². The molecule has 1 aromatic carbocycles. The van der Waals surface area contributed by atoms with Crippen LogP contribution in [-0.2, 0) is 10.0 Å². The topological polar surface area (TPSA) is 72.5 Å². The monoisotopic (exact) mass is 236 g/mol. The molecule has 0 radical (unpaired) electrons. The normalized spacial score (nSPS) is 15.0. The van der Waals surface area contributed by atoms with Crippen LogP contribution in [0.3, 0.4) is 0 Å². The second kappa shape index (κ2) is 4.28. The molecule has 0 aliphatic carbocycles. The predicted octanol–water partition coefficient (Wildman–Crippen LogP) is 1.48. The van der Waals surface area contributed by atoms with E-state index in [4.69, 9.17) is 0 Å². The van der Waals surface area contributed by atoms with E-state index >= 15 is 0 Å². The zero-order valence-corrected chi connectivity index (χ0v) is 8.96. The Kier molecular flexibility index (Phi) is 2.82. The molecule has 0 N–H and O–H groups in total. The van der Waals surface area contributed by atoms with Gasteiger partial charge in [-0.1, -0.05) is 18.2 Å². The molecule has 1 aliphatic rings. The summed E-state index contributed by atoms with van der Waals surface area (Å²) >= 11 is 0. The van der Waals surface area contributed by atoms with Gasteiger partial charge in [0.05, 0.1) is 11.1 Å². The van der Waals surface area contributed by atoms with Gasteiger partial charge in [-0.2, -0.15) is 12.8 Å². The van der Waals surface area contributed by atoms with Crippen molar-refractivity contribution in [1.82, 2.24) is 4.98 Å². The first kappa shape index (κ1) is 10.6. The molecule has 1 aromatic heterocycles. The van der Waals surface area contributed by atoms with Gasteiger partial charge in [0.25, 0.3) is 10.0 Å². The molecule has 0 unspecified atom stereocenters. The molecule has 2 aromatic rings. The van der Waals surface area contributed by atoms with Gasteiger partial charge in [0, 0.05) is 11.8 Å². The van der Waals surface area contributed by atoms with Crippen LogP contribution in [0.15, 0.2) is 56.8 Å². The maximum atomic E-state index is 11.1. The predicted molar refractivity (Wildman–Crippen MR) is 57.7 cm³/mol. The van der Waals surface area contributed by atoms with E-state index in [0.29, 0.717) is 10.5 Å². The van der Waals surface area contributed by atoms with Crippen molar-refractivity contribution in [3.05, 3.63) is 48.7 Å². The van der Waals surface area contributed by atoms with Gasteiger partial charge in [0.15, 0.2) is 6.39 Å². The Morgan fingerprint density at radius 1 is 1.19 bits per heavy atom. The lowest BCUT2D eigenvalue weighted by molar-refractivity contribution is 0.558. The molecule has 1 aliphatic heterocycles. The zero-order chi connectivity index (χ0) is 11.4. The van der Waals surface area contributed by atoms with Crippen LogP contribution in [0, 0.1) is 0 Å². The summed E-state index contributed by atoms with van der Waals surface area (Å²) in [5, 5.41) is 0. The highest BCUT2D eigenvalue weighted by Crippen LogP contribution is 2.21. The molecular weight excluding hydrogens is 228 g/mol. The average molecular weight is 236 g/mol. The van der Waals surface area contributed by atoms with E-state index in [0.717, 1.165) is 0 Å². The molecule has 0 atom stereocenters. The third-order valence-corrected chi connectivity index (χ3v) is 3.19. The van der Waals surface area contributed by atoms with Gasteiger partial charge >= 0.3 is 0 Å². The SMILES string of the molecule is O=S1(=O)N=Cc2ccccc21.c1cocn1. The second-order valence-electron chi connectivity index (χ2n) is 2.92. The molecule has 2 heterocycles. The molecule has 6 heteroatoms. The molecule has 16 heavy (non-hydrogen) atoms. The molecular formula is C10H8N2O3S. The maximum absolute atomic E-state index is 11.1. The molecule has 0 saturated carbocycles. The molecule has 0 saturated heterocycles. The minimum absolute atomic E-state index is 0.306. The number of nitrogens with zero attached hydrogens (tertiary/aromatic N) is 2. The zero-order valence-electron chi connectivity index (χ0n) is 8.15. The lowest BCUT2D eigenvalue weighted by Crippen LogP contribution is -1.91. The van der Waals surface area contributed by atoms with Crippen molar-refractivity contribution in [2.75, 3.05) is 0 Å². The number of hydrogen-bond acceptors (Lipinski definition) is 4. The highest BCUT2D eigenvalue weighted by atomic mass is 32.2. The molecule has 0 spiro atoms. The third-order valence-electron chi connectivity index (χ3n) is 1.87. The summed E-state index contributed by atoms with van der Waals surface area (Å²) in [5.74, 6) is 0. The standard InChI is InChI=1S/C7H5NO2S.C3H3NO/c9-11(10)7-4-2-1-3-6(7)5-8-11;1-2-5-3-4-1/h1-5H;1-3H. The molecule has 0 amide bonds. The Labute approximate surface area is 92.5 Å². The van der Waals surface area contributed by atoms with Crippen LogP contribution in [0.2, 0.25) is 0 Å². The van der Waals surface area contributed by atoms with Gasteiger partial charge in [0.2, 0.25) is 0 Å². The van der Waals surface area contributed by atoms with Gasteiger partial charge in [-0.05, 0) is 6.07 Å². The summed E-state index contributed by atoms with van der Waals surface area (Å²) in [6.07, 6.45) is 5.84. The van der Waals surface area contributed by atoms with Crippen LogP contribution >= 0.6 is 0 Å². The van der Waals surface area contributed by atoms with Crippen molar-refractivity contribution in [3.8, 4) is 0 Å². The first-order chi connectivity index (χ1) is 7.70. The number of fused-ring (bicyclic) bond motifs is 1. The van der Waals surface area contributed by atoms with E-state index in [9.17, 15) is 8.42 Å². The minimum atomic E-state index is -3.34. The van der Waals surface area contributed by atoms with Crippen molar-refractivity contribution in [2.45, 2.75) is 4.90 Å². The summed E-state index contributed by atoms with van der Waals surface area (Å²) in [7, 11) is -3.34. The summed E-state index contributed by atoms with van der Waals surface area (Å²) in [6, 6.07) is 6.75. The Hall–Kier alpha value is -1.95. The maximum Gasteiger partial charge on any atom is 0.282 e. The molecule has 0 fully saturated rings. The number of sulfonamides is 1. The van der Waals surface area contributed by atoms with Gasteiger partial charge in [-0.15, -0.1) is 0 Å². The summed E-state index contributed by atoms with van der Waals surface area (Å²) in [6.45, 7) is 0. The van der Waals surface area contributed by atoms with E-state index in [2.05, 4.69) is 13.8 Å². The van der Waals surface area contributed by atoms with Crippen LogP contribution in [0.5, 0.6) is 0 Å². The van der Waals surface area contributed by atoms with Gasteiger partial charge < -0.3 is 4.42 Å². The van der Waals surface area contributed by atoms with Gasteiger partial charge in [-0.3, -0.25) is 0 Å². The number of rotatable bonds is 0. The van der Waals surface area contributed by atoms with Crippen molar-refractivity contribution in [2.24, 2.45) is 4.40 Å². The van der Waals surface area contributed by atoms with E-state index in [-0.39, 0.29) is 0 Å². The fourth-order valence-corrected chi connectivity index (χ4v) is 2.22. The summed E-state index contributed by atoms with van der Waals surface area (Å²) in [4.78, 5) is 3.86. The lowest BCUT2D eigenvalue weighted by Gasteiger charge is -1.92. The highest BCUT2D eigenvalue weighted by Gasteiger charge is 2.20. The summed E-state index contributed by atoms with van der Waals surface area (Å²) in [5.41, 5.74) is 0.674. The molecule has 82 valence electrons. The number of aromatic nitrogens is 1. The molecule has 0 bridgehead atoms. The summed E-state index contributed by atoms with van der Waals surface area (Å²) < 4.78 is 30.0. The largest absolute Gasteiger partial charge is 0.452 e.